The summed E-state index contributed by atoms with van der Waals surface area (Å²) in [6, 6.07) is 10.8. The molecular weight excluding hydrogens is 364 g/mol. The quantitative estimate of drug-likeness (QED) is 0.450. The van der Waals surface area contributed by atoms with Gasteiger partial charge in [0, 0.05) is 11.1 Å². The first kappa shape index (κ1) is 19.2. The molecular formula is C17H15ClN2O6. The number of halogens is 1. The molecule has 0 saturated carbocycles. The van der Waals surface area contributed by atoms with Gasteiger partial charge in [-0.3, -0.25) is 14.9 Å². The number of ether oxygens (including phenoxy) is 2. The summed E-state index contributed by atoms with van der Waals surface area (Å²) in [5.41, 5.74) is 0.565. The monoisotopic (exact) mass is 378 g/mol. The lowest BCUT2D eigenvalue weighted by Crippen LogP contribution is -2.24. The Balaban J connectivity index is 1.84. The summed E-state index contributed by atoms with van der Waals surface area (Å²) >= 11 is 5.77. The average molecular weight is 379 g/mol. The van der Waals surface area contributed by atoms with Crippen LogP contribution in [0, 0.1) is 17.0 Å². The van der Waals surface area contributed by atoms with Gasteiger partial charge in [-0.05, 0) is 36.8 Å². The highest BCUT2D eigenvalue weighted by Crippen LogP contribution is 2.27. The van der Waals surface area contributed by atoms with Crippen LogP contribution in [0.5, 0.6) is 5.75 Å². The number of esters is 1. The van der Waals surface area contributed by atoms with Crippen molar-refractivity contribution in [1.29, 1.82) is 0 Å². The molecule has 0 radical (unpaired) electrons. The van der Waals surface area contributed by atoms with Crippen LogP contribution in [0.1, 0.15) is 5.56 Å². The van der Waals surface area contributed by atoms with Gasteiger partial charge in [0.25, 0.3) is 11.6 Å². The molecule has 26 heavy (non-hydrogen) atoms. The van der Waals surface area contributed by atoms with Crippen LogP contribution in [0.15, 0.2) is 42.5 Å². The normalized spacial score (nSPS) is 10.1. The molecule has 2 aromatic rings. The fourth-order valence-corrected chi connectivity index (χ4v) is 2.16. The van der Waals surface area contributed by atoms with E-state index in [1.54, 1.807) is 18.2 Å². The number of anilines is 1. The molecule has 0 aliphatic heterocycles. The number of carbonyl (C=O) groups excluding carboxylic acids is 2. The van der Waals surface area contributed by atoms with E-state index in [4.69, 9.17) is 21.1 Å². The maximum Gasteiger partial charge on any atom is 0.344 e. The van der Waals surface area contributed by atoms with Crippen molar-refractivity contribution in [2.24, 2.45) is 0 Å². The minimum absolute atomic E-state index is 0.0837. The summed E-state index contributed by atoms with van der Waals surface area (Å²) in [4.78, 5) is 33.7. The molecule has 2 rings (SSSR count). The SMILES string of the molecule is Cc1cccc(OCC(=O)OCC(=O)Nc2cc(Cl)ccc2[N+](=O)[O-])c1. The topological polar surface area (TPSA) is 108 Å². The van der Waals surface area contributed by atoms with Gasteiger partial charge in [-0.1, -0.05) is 23.7 Å². The van der Waals surface area contributed by atoms with E-state index in [1.807, 2.05) is 13.0 Å². The van der Waals surface area contributed by atoms with Crippen molar-refractivity contribution < 1.29 is 24.0 Å². The van der Waals surface area contributed by atoms with E-state index in [2.05, 4.69) is 5.32 Å². The smallest absolute Gasteiger partial charge is 0.344 e. The molecule has 136 valence electrons. The van der Waals surface area contributed by atoms with E-state index in [-0.39, 0.29) is 23.0 Å². The van der Waals surface area contributed by atoms with E-state index >= 15 is 0 Å². The van der Waals surface area contributed by atoms with Crippen LogP contribution in [0.4, 0.5) is 11.4 Å². The number of aryl methyl sites for hydroxylation is 1. The second kappa shape index (κ2) is 8.82. The largest absolute Gasteiger partial charge is 0.482 e. The van der Waals surface area contributed by atoms with Crippen molar-refractivity contribution in [3.8, 4) is 5.75 Å². The molecule has 9 heteroatoms. The van der Waals surface area contributed by atoms with Gasteiger partial charge in [-0.25, -0.2) is 4.79 Å². The standard InChI is InChI=1S/C17H15ClN2O6/c1-11-3-2-4-13(7-11)25-10-17(22)26-9-16(21)19-14-8-12(18)5-6-15(14)20(23)24/h2-8H,9-10H2,1H3,(H,19,21). The van der Waals surface area contributed by atoms with Crippen LogP contribution in [-0.2, 0) is 14.3 Å². The number of carbonyl (C=O) groups is 2. The molecule has 0 saturated heterocycles. The van der Waals surface area contributed by atoms with Crippen molar-refractivity contribution in [3.63, 3.8) is 0 Å². The first-order valence-corrected chi connectivity index (χ1v) is 7.82. The zero-order chi connectivity index (χ0) is 19.1. The Kier molecular flexibility index (Phi) is 6.51. The molecule has 1 N–H and O–H groups in total. The van der Waals surface area contributed by atoms with Gasteiger partial charge in [0.15, 0.2) is 13.2 Å². The maximum absolute atomic E-state index is 11.8. The fraction of sp³-hybridized carbons (Fsp3) is 0.176. The number of nitro benzene ring substituents is 1. The summed E-state index contributed by atoms with van der Waals surface area (Å²) in [7, 11) is 0. The van der Waals surface area contributed by atoms with Gasteiger partial charge in [-0.15, -0.1) is 0 Å². The van der Waals surface area contributed by atoms with Crippen LogP contribution in [0.3, 0.4) is 0 Å². The van der Waals surface area contributed by atoms with Crippen molar-refractivity contribution in [3.05, 3.63) is 63.2 Å². The predicted molar refractivity (Wildman–Crippen MR) is 94.4 cm³/mol. The Morgan fingerprint density at radius 2 is 1.96 bits per heavy atom. The van der Waals surface area contributed by atoms with E-state index in [9.17, 15) is 19.7 Å². The third-order valence-corrected chi connectivity index (χ3v) is 3.37. The van der Waals surface area contributed by atoms with Crippen LogP contribution in [0.2, 0.25) is 5.02 Å². The minimum Gasteiger partial charge on any atom is -0.482 e. The highest BCUT2D eigenvalue weighted by atomic mass is 35.5. The summed E-state index contributed by atoms with van der Waals surface area (Å²) in [6.45, 7) is 0.901. The Labute approximate surface area is 153 Å². The lowest BCUT2D eigenvalue weighted by Gasteiger charge is -2.09. The molecule has 0 heterocycles. The summed E-state index contributed by atoms with van der Waals surface area (Å²) in [6.07, 6.45) is 0. The summed E-state index contributed by atoms with van der Waals surface area (Å²) in [5.74, 6) is -0.984. The first-order valence-electron chi connectivity index (χ1n) is 7.44. The summed E-state index contributed by atoms with van der Waals surface area (Å²) < 4.78 is 10.0. The van der Waals surface area contributed by atoms with Gasteiger partial charge in [0.1, 0.15) is 11.4 Å². The van der Waals surface area contributed by atoms with Crippen molar-refractivity contribution in [1.82, 2.24) is 0 Å². The fourth-order valence-electron chi connectivity index (χ4n) is 1.99. The van der Waals surface area contributed by atoms with Crippen molar-refractivity contribution >= 4 is 34.9 Å². The molecule has 0 atom stereocenters. The van der Waals surface area contributed by atoms with Gasteiger partial charge < -0.3 is 14.8 Å². The van der Waals surface area contributed by atoms with E-state index < -0.39 is 23.4 Å². The van der Waals surface area contributed by atoms with Crippen LogP contribution < -0.4 is 10.1 Å². The molecule has 8 nitrogen and oxygen atoms in total. The van der Waals surface area contributed by atoms with Crippen molar-refractivity contribution in [2.45, 2.75) is 6.92 Å². The van der Waals surface area contributed by atoms with E-state index in [1.165, 1.54) is 18.2 Å². The highest BCUT2D eigenvalue weighted by molar-refractivity contribution is 6.31. The maximum atomic E-state index is 11.8. The number of amides is 1. The molecule has 0 unspecified atom stereocenters. The Hall–Kier alpha value is -3.13. The third kappa shape index (κ3) is 5.75. The van der Waals surface area contributed by atoms with Crippen LogP contribution in [0.25, 0.3) is 0 Å². The predicted octanol–water partition coefficient (Wildman–Crippen LogP) is 3.12. The highest BCUT2D eigenvalue weighted by Gasteiger charge is 2.17. The van der Waals surface area contributed by atoms with Gasteiger partial charge in [0.05, 0.1) is 4.92 Å². The molecule has 0 aliphatic rings. The lowest BCUT2D eigenvalue weighted by atomic mass is 10.2. The van der Waals surface area contributed by atoms with Gasteiger partial charge in [0.2, 0.25) is 0 Å². The number of benzene rings is 2. The molecule has 0 bridgehead atoms. The number of nitrogens with one attached hydrogen (secondary N) is 1. The molecule has 0 aromatic heterocycles. The van der Waals surface area contributed by atoms with E-state index in [0.717, 1.165) is 5.56 Å². The molecule has 0 aliphatic carbocycles. The summed E-state index contributed by atoms with van der Waals surface area (Å²) in [5, 5.41) is 13.4. The molecule has 0 fully saturated rings. The molecule has 1 amide bonds. The lowest BCUT2D eigenvalue weighted by molar-refractivity contribution is -0.383. The number of nitrogens with zero attached hydrogens (tertiary/aromatic N) is 1. The molecule has 2 aromatic carbocycles. The number of rotatable bonds is 7. The number of nitro groups is 1. The Morgan fingerprint density at radius 3 is 2.65 bits per heavy atom. The van der Waals surface area contributed by atoms with Crippen LogP contribution in [-0.4, -0.2) is 30.0 Å². The van der Waals surface area contributed by atoms with Gasteiger partial charge >= 0.3 is 5.97 Å². The zero-order valence-electron chi connectivity index (χ0n) is 13.7. The Morgan fingerprint density at radius 1 is 1.19 bits per heavy atom. The Bertz CT molecular complexity index is 840. The third-order valence-electron chi connectivity index (χ3n) is 3.14. The minimum atomic E-state index is -0.748. The number of hydrogen-bond acceptors (Lipinski definition) is 6. The zero-order valence-corrected chi connectivity index (χ0v) is 14.5. The second-order valence-corrected chi connectivity index (χ2v) is 5.67. The first-order chi connectivity index (χ1) is 12.3. The number of hydrogen-bond donors (Lipinski definition) is 1. The molecule has 0 spiro atoms. The average Bonchev–Trinajstić information content (AvgIpc) is 2.58. The van der Waals surface area contributed by atoms with Crippen LogP contribution >= 0.6 is 11.6 Å². The van der Waals surface area contributed by atoms with Gasteiger partial charge in [-0.2, -0.15) is 0 Å². The van der Waals surface area contributed by atoms with E-state index in [0.29, 0.717) is 5.75 Å². The second-order valence-electron chi connectivity index (χ2n) is 5.23. The van der Waals surface area contributed by atoms with Crippen molar-refractivity contribution in [2.75, 3.05) is 18.5 Å².